The molecule has 2 amide bonds. The van der Waals surface area contributed by atoms with Gasteiger partial charge in [-0.15, -0.1) is 0 Å². The van der Waals surface area contributed by atoms with E-state index in [4.69, 9.17) is 9.76 Å². The van der Waals surface area contributed by atoms with Crippen LogP contribution in [0.25, 0.3) is 0 Å². The van der Waals surface area contributed by atoms with Gasteiger partial charge in [-0.1, -0.05) is 0 Å². The number of nitrogens with zero attached hydrogens (tertiary/aromatic N) is 1. The highest BCUT2D eigenvalue weighted by atomic mass is 32.2. The summed E-state index contributed by atoms with van der Waals surface area (Å²) in [5.74, 6) is -2.18. The van der Waals surface area contributed by atoms with E-state index in [2.05, 4.69) is 0 Å². The van der Waals surface area contributed by atoms with E-state index in [-0.39, 0.29) is 17.9 Å². The molecule has 13 heavy (non-hydrogen) atoms. The van der Waals surface area contributed by atoms with Gasteiger partial charge in [-0.2, -0.15) is 13.5 Å². The lowest BCUT2D eigenvalue weighted by molar-refractivity contribution is -0.182. The van der Waals surface area contributed by atoms with Gasteiger partial charge in [0.1, 0.15) is 0 Å². The van der Waals surface area contributed by atoms with Crippen LogP contribution in [0.4, 0.5) is 0 Å². The fraction of sp³-hybridized carbons (Fsp3) is 0.600. The van der Waals surface area contributed by atoms with Gasteiger partial charge < -0.3 is 0 Å². The van der Waals surface area contributed by atoms with Crippen LogP contribution >= 0.6 is 0 Å². The number of hydroxylamine groups is 2. The summed E-state index contributed by atoms with van der Waals surface area (Å²) < 4.78 is 29.6. The Morgan fingerprint density at radius 1 is 1.38 bits per heavy atom. The number of amides is 2. The number of piperidine rings is 1. The Balaban J connectivity index is 2.95. The molecule has 2 N–H and O–H groups in total. The van der Waals surface area contributed by atoms with Gasteiger partial charge in [-0.25, -0.2) is 0 Å². The Hall–Kier alpha value is -0.990. The zero-order valence-corrected chi connectivity index (χ0v) is 7.19. The standard InChI is InChI=1S/C5H7NO6S/c7-4-2-1-3(13(10,11)12)5(8)6(4)9/h3,9H,1-2H2,(H,10,11,12). The molecule has 0 aliphatic carbocycles. The fourth-order valence-electron chi connectivity index (χ4n) is 1.02. The normalized spacial score (nSPS) is 25.1. The van der Waals surface area contributed by atoms with Crippen LogP contribution in [0.15, 0.2) is 0 Å². The maximum Gasteiger partial charge on any atom is 0.277 e. The molecule has 1 fully saturated rings. The van der Waals surface area contributed by atoms with Gasteiger partial charge >= 0.3 is 0 Å². The predicted octanol–water partition coefficient (Wildman–Crippen LogP) is -1.22. The summed E-state index contributed by atoms with van der Waals surface area (Å²) >= 11 is 0. The Bertz CT molecular complexity index is 346. The van der Waals surface area contributed by atoms with Crippen molar-refractivity contribution in [3.05, 3.63) is 0 Å². The maximum atomic E-state index is 10.9. The Morgan fingerprint density at radius 3 is 2.38 bits per heavy atom. The molecule has 1 rings (SSSR count). The van der Waals surface area contributed by atoms with Gasteiger partial charge in [-0.05, 0) is 6.42 Å². The molecule has 1 unspecified atom stereocenters. The van der Waals surface area contributed by atoms with Crippen LogP contribution in [0, 0.1) is 0 Å². The third-order valence-corrected chi connectivity index (χ3v) is 2.86. The first-order chi connectivity index (χ1) is 5.84. The molecule has 0 saturated carbocycles. The van der Waals surface area contributed by atoms with Crippen molar-refractivity contribution in [3.63, 3.8) is 0 Å². The van der Waals surface area contributed by atoms with Gasteiger partial charge in [-0.3, -0.25) is 19.3 Å². The number of hydrogen-bond donors (Lipinski definition) is 2. The van der Waals surface area contributed by atoms with Crippen LogP contribution in [0.3, 0.4) is 0 Å². The SMILES string of the molecule is O=C1CCC(S(=O)(=O)O)C(=O)N1O. The largest absolute Gasteiger partial charge is 0.285 e. The molecule has 0 aromatic heterocycles. The van der Waals surface area contributed by atoms with Gasteiger partial charge in [0.15, 0.2) is 5.25 Å². The second-order valence-corrected chi connectivity index (χ2v) is 4.19. The summed E-state index contributed by atoms with van der Waals surface area (Å²) in [4.78, 5) is 21.6. The van der Waals surface area contributed by atoms with E-state index in [1.54, 1.807) is 0 Å². The molecule has 7 nitrogen and oxygen atoms in total. The van der Waals surface area contributed by atoms with Crippen molar-refractivity contribution < 1.29 is 27.8 Å². The van der Waals surface area contributed by atoms with Crippen molar-refractivity contribution in [2.45, 2.75) is 18.1 Å². The van der Waals surface area contributed by atoms with E-state index in [1.807, 2.05) is 0 Å². The average Bonchev–Trinajstić information content (AvgIpc) is 1.98. The third-order valence-electron chi connectivity index (χ3n) is 1.70. The second-order valence-electron chi connectivity index (χ2n) is 2.59. The highest BCUT2D eigenvalue weighted by molar-refractivity contribution is 7.87. The predicted molar refractivity (Wildman–Crippen MR) is 38.2 cm³/mol. The number of imide groups is 1. The first-order valence-corrected chi connectivity index (χ1v) is 4.86. The Morgan fingerprint density at radius 2 is 1.92 bits per heavy atom. The van der Waals surface area contributed by atoms with Crippen LogP contribution in [-0.4, -0.2) is 40.3 Å². The van der Waals surface area contributed by atoms with Crippen molar-refractivity contribution in [2.24, 2.45) is 0 Å². The Kier molecular flexibility index (Phi) is 2.37. The van der Waals surface area contributed by atoms with E-state index in [1.165, 1.54) is 0 Å². The molecule has 0 aromatic rings. The van der Waals surface area contributed by atoms with E-state index < -0.39 is 27.2 Å². The maximum absolute atomic E-state index is 10.9. The molecular formula is C5H7NO6S. The van der Waals surface area contributed by atoms with Crippen molar-refractivity contribution in [1.29, 1.82) is 0 Å². The van der Waals surface area contributed by atoms with Crippen LogP contribution in [0.1, 0.15) is 12.8 Å². The summed E-state index contributed by atoms with van der Waals surface area (Å²) in [6.07, 6.45) is -0.583. The van der Waals surface area contributed by atoms with Crippen molar-refractivity contribution in [3.8, 4) is 0 Å². The topological polar surface area (TPSA) is 112 Å². The molecule has 0 radical (unpaired) electrons. The van der Waals surface area contributed by atoms with Crippen molar-refractivity contribution >= 4 is 21.9 Å². The van der Waals surface area contributed by atoms with Crippen LogP contribution < -0.4 is 0 Å². The lowest BCUT2D eigenvalue weighted by atomic mass is 10.1. The number of hydrogen-bond acceptors (Lipinski definition) is 5. The van der Waals surface area contributed by atoms with Gasteiger partial charge in [0, 0.05) is 6.42 Å². The van der Waals surface area contributed by atoms with Gasteiger partial charge in [0.05, 0.1) is 0 Å². The lowest BCUT2D eigenvalue weighted by Gasteiger charge is -2.23. The lowest BCUT2D eigenvalue weighted by Crippen LogP contribution is -2.48. The zero-order chi connectivity index (χ0) is 10.2. The molecule has 1 heterocycles. The highest BCUT2D eigenvalue weighted by Gasteiger charge is 2.41. The molecule has 1 atom stereocenters. The molecular weight excluding hydrogens is 202 g/mol. The molecule has 0 bridgehead atoms. The molecule has 0 spiro atoms. The van der Waals surface area contributed by atoms with Crippen molar-refractivity contribution in [1.82, 2.24) is 5.06 Å². The van der Waals surface area contributed by atoms with E-state index in [0.717, 1.165) is 0 Å². The van der Waals surface area contributed by atoms with E-state index in [0.29, 0.717) is 0 Å². The summed E-state index contributed by atoms with van der Waals surface area (Å²) in [5.41, 5.74) is 0. The monoisotopic (exact) mass is 209 g/mol. The molecule has 1 aliphatic rings. The van der Waals surface area contributed by atoms with Crippen LogP contribution in [-0.2, 0) is 19.7 Å². The summed E-state index contributed by atoms with van der Waals surface area (Å²) in [7, 11) is -4.53. The average molecular weight is 209 g/mol. The summed E-state index contributed by atoms with van der Waals surface area (Å²) in [6, 6.07) is 0. The molecule has 1 aliphatic heterocycles. The highest BCUT2D eigenvalue weighted by Crippen LogP contribution is 2.17. The minimum Gasteiger partial charge on any atom is -0.285 e. The first-order valence-electron chi connectivity index (χ1n) is 3.36. The first kappa shape index (κ1) is 10.1. The minimum absolute atomic E-state index is 0.276. The number of carbonyl (C=O) groups excluding carboxylic acids is 2. The van der Waals surface area contributed by atoms with Gasteiger partial charge in [0.25, 0.3) is 21.9 Å². The molecule has 1 saturated heterocycles. The van der Waals surface area contributed by atoms with Crippen molar-refractivity contribution in [2.75, 3.05) is 0 Å². The molecule has 0 aromatic carbocycles. The third kappa shape index (κ3) is 1.85. The summed E-state index contributed by atoms with van der Waals surface area (Å²) in [5, 5.41) is 6.74. The zero-order valence-electron chi connectivity index (χ0n) is 6.37. The van der Waals surface area contributed by atoms with Crippen LogP contribution in [0.2, 0.25) is 0 Å². The number of rotatable bonds is 1. The molecule has 8 heteroatoms. The Labute approximate surface area is 73.7 Å². The summed E-state index contributed by atoms with van der Waals surface area (Å²) in [6.45, 7) is 0. The van der Waals surface area contributed by atoms with E-state index in [9.17, 15) is 18.0 Å². The number of carbonyl (C=O) groups is 2. The quantitative estimate of drug-likeness (QED) is 0.318. The fourth-order valence-corrected chi connectivity index (χ4v) is 1.79. The van der Waals surface area contributed by atoms with Gasteiger partial charge in [0.2, 0.25) is 0 Å². The molecule has 74 valence electrons. The van der Waals surface area contributed by atoms with E-state index >= 15 is 0 Å². The minimum atomic E-state index is -4.53. The van der Waals surface area contributed by atoms with Crippen LogP contribution in [0.5, 0.6) is 0 Å². The smallest absolute Gasteiger partial charge is 0.277 e. The second kappa shape index (κ2) is 3.05.